The fourth-order valence-corrected chi connectivity index (χ4v) is 8.86. The molecule has 30 heavy (non-hydrogen) atoms. The van der Waals surface area contributed by atoms with E-state index in [2.05, 4.69) is 20.8 Å². The van der Waals surface area contributed by atoms with Gasteiger partial charge in [0.05, 0.1) is 5.41 Å². The van der Waals surface area contributed by atoms with Crippen molar-refractivity contribution in [3.63, 3.8) is 0 Å². The molecular formula is C26H36O4. The minimum atomic E-state index is -0.604. The van der Waals surface area contributed by atoms with E-state index >= 15 is 0 Å². The van der Waals surface area contributed by atoms with Crippen LogP contribution in [-0.2, 0) is 11.2 Å². The molecule has 2 N–H and O–H groups in total. The van der Waals surface area contributed by atoms with Crippen molar-refractivity contribution in [2.24, 2.45) is 34.0 Å². The van der Waals surface area contributed by atoms with Gasteiger partial charge in [-0.05, 0) is 105 Å². The highest BCUT2D eigenvalue weighted by Gasteiger charge is 2.67. The Morgan fingerprint density at radius 3 is 2.40 bits per heavy atom. The normalized spacial score (nSPS) is 47.1. The first-order chi connectivity index (χ1) is 14.0. The number of ether oxygens (including phenoxy) is 1. The molecule has 4 heteroatoms. The first-order valence-corrected chi connectivity index (χ1v) is 11.8. The molecule has 164 valence electrons. The molecule has 0 aromatic heterocycles. The fraction of sp³-hybridized carbons (Fsp3) is 0.731. The first kappa shape index (κ1) is 20.2. The number of aliphatic carboxylic acids is 1. The predicted molar refractivity (Wildman–Crippen MR) is 116 cm³/mol. The van der Waals surface area contributed by atoms with Crippen molar-refractivity contribution in [1.29, 1.82) is 0 Å². The minimum absolute atomic E-state index is 0.0683. The number of phenols is 1. The Balaban J connectivity index is 1.55. The van der Waals surface area contributed by atoms with Gasteiger partial charge >= 0.3 is 5.97 Å². The maximum absolute atomic E-state index is 12.3. The Morgan fingerprint density at radius 1 is 0.967 bits per heavy atom. The van der Waals surface area contributed by atoms with Crippen LogP contribution in [0.5, 0.6) is 11.5 Å². The molecule has 3 fully saturated rings. The van der Waals surface area contributed by atoms with Crippen LogP contribution >= 0.6 is 0 Å². The van der Waals surface area contributed by atoms with Gasteiger partial charge < -0.3 is 14.9 Å². The predicted octanol–water partition coefficient (Wildman–Crippen LogP) is 5.81. The van der Waals surface area contributed by atoms with Crippen molar-refractivity contribution in [2.75, 3.05) is 0 Å². The summed E-state index contributed by atoms with van der Waals surface area (Å²) in [7, 11) is 0. The third kappa shape index (κ3) is 2.48. The summed E-state index contributed by atoms with van der Waals surface area (Å²) in [6.07, 6.45) is 8.08. The van der Waals surface area contributed by atoms with E-state index in [1.54, 1.807) is 6.07 Å². The number of hydrogen-bond donors (Lipinski definition) is 2. The lowest BCUT2D eigenvalue weighted by molar-refractivity contribution is -0.214. The zero-order valence-corrected chi connectivity index (χ0v) is 18.8. The van der Waals surface area contributed by atoms with Crippen LogP contribution in [0.15, 0.2) is 18.2 Å². The topological polar surface area (TPSA) is 66.8 Å². The number of carboxylic acid groups (broad SMARTS) is 1. The summed E-state index contributed by atoms with van der Waals surface area (Å²) < 4.78 is 6.64. The molecular weight excluding hydrogens is 376 g/mol. The lowest BCUT2D eigenvalue weighted by atomic mass is 9.37. The van der Waals surface area contributed by atoms with E-state index in [1.807, 2.05) is 19.1 Å². The van der Waals surface area contributed by atoms with E-state index in [0.29, 0.717) is 17.6 Å². The average Bonchev–Trinajstić information content (AvgIpc) is 2.66. The number of rotatable bonds is 1. The number of fused-ring (bicyclic) bond motifs is 6. The summed E-state index contributed by atoms with van der Waals surface area (Å²) in [5.41, 5.74) is 0.516. The SMILES string of the molecule is C[C@@]12CC[C@H]3[C@](C)(CCC[C@]3(C)C(=O)O)[C@H]1CC[C@]1(C)Oc3ccc(O)cc3C[C@@H]21. The Labute approximate surface area is 180 Å². The van der Waals surface area contributed by atoms with Crippen molar-refractivity contribution in [2.45, 2.75) is 84.7 Å². The van der Waals surface area contributed by atoms with Gasteiger partial charge in [0.15, 0.2) is 0 Å². The molecule has 0 unspecified atom stereocenters. The zero-order valence-electron chi connectivity index (χ0n) is 18.8. The summed E-state index contributed by atoms with van der Waals surface area (Å²) in [4.78, 5) is 12.3. The molecule has 1 aliphatic heterocycles. The maximum atomic E-state index is 12.3. The standard InChI is InChI=1S/C26H36O4/c1-23-10-5-11-25(3,22(28)29)20(23)8-12-24(2)19(23)9-13-26(4)21(24)15-16-14-17(27)6-7-18(16)30-26/h6-7,14,19-21,27H,5,8-13,15H2,1-4H3,(H,28,29)/t19-,20+,21+,23-,24-,25+,26+/m1/s1. The molecule has 4 aliphatic rings. The van der Waals surface area contributed by atoms with Crippen LogP contribution in [0, 0.1) is 34.0 Å². The number of hydrogen-bond acceptors (Lipinski definition) is 3. The van der Waals surface area contributed by atoms with Gasteiger partial charge in [0.2, 0.25) is 0 Å². The van der Waals surface area contributed by atoms with E-state index in [4.69, 9.17) is 4.74 Å². The monoisotopic (exact) mass is 412 g/mol. The number of carbonyl (C=O) groups is 1. The van der Waals surface area contributed by atoms with Gasteiger partial charge in [-0.2, -0.15) is 0 Å². The zero-order chi connectivity index (χ0) is 21.5. The summed E-state index contributed by atoms with van der Waals surface area (Å²) >= 11 is 0. The number of phenolic OH excluding ortho intramolecular Hbond substituents is 1. The second-order valence-electron chi connectivity index (χ2n) is 11.7. The van der Waals surface area contributed by atoms with Gasteiger partial charge in [0, 0.05) is 5.92 Å². The molecule has 7 atom stereocenters. The van der Waals surface area contributed by atoms with Gasteiger partial charge in [-0.3, -0.25) is 4.79 Å². The first-order valence-electron chi connectivity index (χ1n) is 11.8. The molecule has 0 amide bonds. The number of carboxylic acids is 1. The highest BCUT2D eigenvalue weighted by Crippen LogP contribution is 2.70. The summed E-state index contributed by atoms with van der Waals surface area (Å²) in [5.74, 6) is 1.77. The largest absolute Gasteiger partial charge is 0.508 e. The van der Waals surface area contributed by atoms with Gasteiger partial charge in [-0.15, -0.1) is 0 Å². The van der Waals surface area contributed by atoms with Crippen molar-refractivity contribution in [3.05, 3.63) is 23.8 Å². The summed E-state index contributed by atoms with van der Waals surface area (Å²) in [6, 6.07) is 5.51. The Hall–Kier alpha value is -1.71. The van der Waals surface area contributed by atoms with Crippen LogP contribution in [0.2, 0.25) is 0 Å². The molecule has 0 saturated heterocycles. The highest BCUT2D eigenvalue weighted by molar-refractivity contribution is 5.75. The van der Waals surface area contributed by atoms with E-state index in [9.17, 15) is 15.0 Å². The smallest absolute Gasteiger partial charge is 0.309 e. The molecule has 3 aliphatic carbocycles. The molecule has 0 bridgehead atoms. The third-order valence-corrected chi connectivity index (χ3v) is 10.3. The maximum Gasteiger partial charge on any atom is 0.309 e. The van der Waals surface area contributed by atoms with Crippen molar-refractivity contribution >= 4 is 5.97 Å². The fourth-order valence-electron chi connectivity index (χ4n) is 8.86. The highest BCUT2D eigenvalue weighted by atomic mass is 16.5. The molecule has 0 radical (unpaired) electrons. The van der Waals surface area contributed by atoms with Crippen molar-refractivity contribution in [1.82, 2.24) is 0 Å². The molecule has 1 aromatic carbocycles. The Kier molecular flexibility index (Phi) is 4.16. The quantitative estimate of drug-likeness (QED) is 0.611. The van der Waals surface area contributed by atoms with E-state index in [0.717, 1.165) is 62.7 Å². The molecule has 3 saturated carbocycles. The lowest BCUT2D eigenvalue weighted by Gasteiger charge is -2.68. The molecule has 1 heterocycles. The second kappa shape index (κ2) is 6.17. The molecule has 1 aromatic rings. The summed E-state index contributed by atoms with van der Waals surface area (Å²) in [6.45, 7) is 9.17. The van der Waals surface area contributed by atoms with Gasteiger partial charge in [0.1, 0.15) is 17.1 Å². The van der Waals surface area contributed by atoms with Crippen LogP contribution < -0.4 is 4.74 Å². The van der Waals surface area contributed by atoms with Gasteiger partial charge in [0.25, 0.3) is 0 Å². The van der Waals surface area contributed by atoms with E-state index in [1.165, 1.54) is 0 Å². The molecule has 4 nitrogen and oxygen atoms in total. The Bertz CT molecular complexity index is 895. The Morgan fingerprint density at radius 2 is 1.67 bits per heavy atom. The lowest BCUT2D eigenvalue weighted by Crippen LogP contribution is -2.65. The molecule has 5 rings (SSSR count). The van der Waals surface area contributed by atoms with Crippen LogP contribution in [0.3, 0.4) is 0 Å². The second-order valence-corrected chi connectivity index (χ2v) is 11.7. The van der Waals surface area contributed by atoms with Crippen molar-refractivity contribution < 1.29 is 19.7 Å². The van der Waals surface area contributed by atoms with Gasteiger partial charge in [-0.25, -0.2) is 0 Å². The minimum Gasteiger partial charge on any atom is -0.508 e. The third-order valence-electron chi connectivity index (χ3n) is 10.3. The van der Waals surface area contributed by atoms with Gasteiger partial charge in [-0.1, -0.05) is 20.3 Å². The van der Waals surface area contributed by atoms with Crippen LogP contribution in [0.1, 0.15) is 78.2 Å². The van der Waals surface area contributed by atoms with Crippen LogP contribution in [0.25, 0.3) is 0 Å². The van der Waals surface area contributed by atoms with Crippen LogP contribution in [0.4, 0.5) is 0 Å². The van der Waals surface area contributed by atoms with Crippen LogP contribution in [-0.4, -0.2) is 21.8 Å². The van der Waals surface area contributed by atoms with E-state index in [-0.39, 0.29) is 22.3 Å². The van der Waals surface area contributed by atoms with Crippen molar-refractivity contribution in [3.8, 4) is 11.5 Å². The van der Waals surface area contributed by atoms with E-state index < -0.39 is 11.4 Å². The number of benzene rings is 1. The summed E-state index contributed by atoms with van der Waals surface area (Å²) in [5, 5.41) is 20.2. The molecule has 0 spiro atoms. The average molecular weight is 413 g/mol. The number of aromatic hydroxyl groups is 1.